The van der Waals surface area contributed by atoms with E-state index in [1.165, 1.54) is 4.31 Å². The quantitative estimate of drug-likeness (QED) is 0.237. The molecule has 0 aliphatic carbocycles. The molecule has 1 aromatic heterocycles. The molecule has 0 unspecified atom stereocenters. The van der Waals surface area contributed by atoms with Crippen molar-refractivity contribution < 1.29 is 27.1 Å². The van der Waals surface area contributed by atoms with E-state index >= 15 is 0 Å². The minimum atomic E-state index is -3.64. The van der Waals surface area contributed by atoms with Crippen molar-refractivity contribution in [2.45, 2.75) is 26.8 Å². The number of rotatable bonds is 11. The third-order valence-corrected chi connectivity index (χ3v) is 7.01. The molecule has 1 heterocycles. The van der Waals surface area contributed by atoms with Crippen molar-refractivity contribution in [3.8, 4) is 17.2 Å². The Morgan fingerprint density at radius 3 is 2.34 bits per heavy atom. The number of nitrogens with zero attached hydrogens (tertiary/aromatic N) is 2. The molecular weight excluding hydrogens is 504 g/mol. The first-order valence-corrected chi connectivity index (χ1v) is 14.1. The summed E-state index contributed by atoms with van der Waals surface area (Å²) in [6.07, 6.45) is 1.69. The molecular formula is C29H30N2O6S. The van der Waals surface area contributed by atoms with Crippen molar-refractivity contribution in [2.75, 3.05) is 23.8 Å². The highest BCUT2D eigenvalue weighted by Crippen LogP contribution is 2.26. The molecule has 3 aromatic carbocycles. The van der Waals surface area contributed by atoms with Gasteiger partial charge in [-0.3, -0.25) is 4.31 Å². The van der Waals surface area contributed by atoms with E-state index < -0.39 is 16.0 Å². The summed E-state index contributed by atoms with van der Waals surface area (Å²) in [5.74, 6) is 1.43. The minimum Gasteiger partial charge on any atom is -0.493 e. The zero-order valence-electron chi connectivity index (χ0n) is 21.6. The zero-order chi connectivity index (χ0) is 27.1. The van der Waals surface area contributed by atoms with E-state index in [0.29, 0.717) is 41.5 Å². The van der Waals surface area contributed by atoms with E-state index in [9.17, 15) is 13.2 Å². The highest BCUT2D eigenvalue weighted by atomic mass is 32.2. The van der Waals surface area contributed by atoms with E-state index in [2.05, 4.69) is 4.98 Å². The molecule has 0 fully saturated rings. The van der Waals surface area contributed by atoms with Gasteiger partial charge >= 0.3 is 5.97 Å². The van der Waals surface area contributed by atoms with E-state index in [1.807, 2.05) is 37.3 Å². The summed E-state index contributed by atoms with van der Waals surface area (Å²) in [6.45, 7) is 4.20. The van der Waals surface area contributed by atoms with Crippen LogP contribution in [0, 0.1) is 6.92 Å². The molecule has 198 valence electrons. The fraction of sp³-hybridized carbons (Fsp3) is 0.241. The predicted octanol–water partition coefficient (Wildman–Crippen LogP) is 5.41. The molecule has 9 heteroatoms. The minimum absolute atomic E-state index is 0.0107. The molecule has 8 nitrogen and oxygen atoms in total. The molecule has 0 spiro atoms. The summed E-state index contributed by atoms with van der Waals surface area (Å²) in [7, 11) is -3.64. The number of esters is 1. The van der Waals surface area contributed by atoms with E-state index in [1.54, 1.807) is 55.5 Å². The van der Waals surface area contributed by atoms with Crippen LogP contribution in [0.15, 0.2) is 83.3 Å². The van der Waals surface area contributed by atoms with Gasteiger partial charge in [0.25, 0.3) is 0 Å². The summed E-state index contributed by atoms with van der Waals surface area (Å²) < 4.78 is 43.4. The summed E-state index contributed by atoms with van der Waals surface area (Å²) in [5, 5.41) is 0. The zero-order valence-corrected chi connectivity index (χ0v) is 22.4. The number of carbonyl (C=O) groups is 1. The molecule has 0 atom stereocenters. The number of carbonyl (C=O) groups excluding carboxylic acids is 1. The van der Waals surface area contributed by atoms with Crippen LogP contribution in [0.2, 0.25) is 0 Å². The summed E-state index contributed by atoms with van der Waals surface area (Å²) in [4.78, 5) is 17.0. The first kappa shape index (κ1) is 26.9. The van der Waals surface area contributed by atoms with Crippen molar-refractivity contribution in [3.05, 3.63) is 101 Å². The largest absolute Gasteiger partial charge is 0.493 e. The molecule has 4 aromatic rings. The van der Waals surface area contributed by atoms with Crippen molar-refractivity contribution in [1.82, 2.24) is 4.98 Å². The van der Waals surface area contributed by atoms with Gasteiger partial charge in [0, 0.05) is 12.0 Å². The Morgan fingerprint density at radius 1 is 0.974 bits per heavy atom. The predicted molar refractivity (Wildman–Crippen MR) is 146 cm³/mol. The van der Waals surface area contributed by atoms with E-state index in [-0.39, 0.29) is 13.2 Å². The molecule has 4 rings (SSSR count). The van der Waals surface area contributed by atoms with Gasteiger partial charge in [0.1, 0.15) is 11.5 Å². The Kier molecular flexibility index (Phi) is 8.48. The van der Waals surface area contributed by atoms with Gasteiger partial charge in [0.2, 0.25) is 15.9 Å². The molecule has 0 radical (unpaired) electrons. The summed E-state index contributed by atoms with van der Waals surface area (Å²) >= 11 is 0. The summed E-state index contributed by atoms with van der Waals surface area (Å²) in [5.41, 5.74) is 3.08. The number of sulfonamides is 1. The Balaban J connectivity index is 1.43. The molecule has 0 saturated heterocycles. The number of oxazole rings is 1. The lowest BCUT2D eigenvalue weighted by atomic mass is 10.1. The van der Waals surface area contributed by atoms with Crippen LogP contribution in [-0.4, -0.2) is 38.8 Å². The van der Waals surface area contributed by atoms with Gasteiger partial charge in [-0.1, -0.05) is 36.4 Å². The maximum Gasteiger partial charge on any atom is 0.338 e. The highest BCUT2D eigenvalue weighted by Gasteiger charge is 2.21. The molecule has 0 saturated carbocycles. The van der Waals surface area contributed by atoms with Crippen molar-refractivity contribution in [3.63, 3.8) is 0 Å². The van der Waals surface area contributed by atoms with Gasteiger partial charge in [-0.15, -0.1) is 0 Å². The number of aromatic nitrogens is 1. The third kappa shape index (κ3) is 6.60. The lowest BCUT2D eigenvalue weighted by molar-refractivity contribution is 0.0525. The maximum absolute atomic E-state index is 12.7. The number of hydrogen-bond donors (Lipinski definition) is 0. The summed E-state index contributed by atoms with van der Waals surface area (Å²) in [6, 6.07) is 23.3. The van der Waals surface area contributed by atoms with Gasteiger partial charge in [-0.05, 0) is 61.9 Å². The van der Waals surface area contributed by atoms with Crippen LogP contribution in [0.4, 0.5) is 5.69 Å². The van der Waals surface area contributed by atoms with Crippen LogP contribution in [0.1, 0.15) is 34.3 Å². The van der Waals surface area contributed by atoms with Crippen molar-refractivity contribution in [1.29, 1.82) is 0 Å². The average Bonchev–Trinajstić information content (AvgIpc) is 3.28. The average molecular weight is 535 g/mol. The van der Waals surface area contributed by atoms with Crippen LogP contribution < -0.4 is 9.04 Å². The fourth-order valence-electron chi connectivity index (χ4n) is 3.96. The van der Waals surface area contributed by atoms with E-state index in [4.69, 9.17) is 13.9 Å². The smallest absolute Gasteiger partial charge is 0.338 e. The number of hydrogen-bond acceptors (Lipinski definition) is 7. The van der Waals surface area contributed by atoms with Gasteiger partial charge in [0.05, 0.1) is 43.0 Å². The van der Waals surface area contributed by atoms with E-state index in [0.717, 1.165) is 23.3 Å². The van der Waals surface area contributed by atoms with Crippen molar-refractivity contribution >= 4 is 21.7 Å². The third-order valence-electron chi connectivity index (χ3n) is 5.87. The Hall–Kier alpha value is -4.11. The van der Waals surface area contributed by atoms with Gasteiger partial charge in [-0.25, -0.2) is 18.2 Å². The highest BCUT2D eigenvalue weighted by molar-refractivity contribution is 7.92. The first-order chi connectivity index (χ1) is 18.3. The normalized spacial score (nSPS) is 11.2. The SMILES string of the molecule is CCOC(=O)c1ccccc1CN(c1ccc(OCCc2nc(-c3ccccc3)oc2C)cc1)S(C)(=O)=O. The molecule has 0 amide bonds. The number of ether oxygens (including phenoxy) is 2. The van der Waals surface area contributed by atoms with Crippen molar-refractivity contribution in [2.24, 2.45) is 0 Å². The molecule has 0 aliphatic heterocycles. The van der Waals surface area contributed by atoms with Gasteiger partial charge in [-0.2, -0.15) is 0 Å². The van der Waals surface area contributed by atoms with Gasteiger partial charge < -0.3 is 13.9 Å². The number of aryl methyl sites for hydroxylation is 1. The second-order valence-electron chi connectivity index (χ2n) is 8.63. The fourth-order valence-corrected chi connectivity index (χ4v) is 4.84. The maximum atomic E-state index is 12.7. The van der Waals surface area contributed by atoms with Crippen LogP contribution >= 0.6 is 0 Å². The van der Waals surface area contributed by atoms with Crippen LogP contribution in [0.5, 0.6) is 5.75 Å². The molecule has 0 N–H and O–H groups in total. The Morgan fingerprint density at radius 2 is 1.66 bits per heavy atom. The second kappa shape index (κ2) is 12.0. The molecule has 0 bridgehead atoms. The van der Waals surface area contributed by atoms with Gasteiger partial charge in [0.15, 0.2) is 0 Å². The topological polar surface area (TPSA) is 98.9 Å². The van der Waals surface area contributed by atoms with Crippen LogP contribution in [0.25, 0.3) is 11.5 Å². The number of benzene rings is 3. The van der Waals surface area contributed by atoms with Crippen LogP contribution in [0.3, 0.4) is 0 Å². The van der Waals surface area contributed by atoms with Crippen LogP contribution in [-0.2, 0) is 27.7 Å². The Labute approximate surface area is 222 Å². The second-order valence-corrected chi connectivity index (χ2v) is 10.5. The lowest BCUT2D eigenvalue weighted by Crippen LogP contribution is -2.30. The molecule has 0 aliphatic rings. The monoisotopic (exact) mass is 534 g/mol. The molecule has 38 heavy (non-hydrogen) atoms. The standard InChI is InChI=1S/C29H30N2O6S/c1-4-35-29(32)26-13-9-8-12-23(26)20-31(38(3,33)34)24-14-16-25(17-15-24)36-19-18-27-21(2)37-28(30-27)22-10-6-5-7-11-22/h5-17H,4,18-20H2,1-3H3. The Bertz CT molecular complexity index is 1480. The number of anilines is 1. The first-order valence-electron chi connectivity index (χ1n) is 12.2. The lowest BCUT2D eigenvalue weighted by Gasteiger charge is -2.23.